The van der Waals surface area contributed by atoms with Crippen molar-refractivity contribution >= 4 is 17.6 Å². The fraction of sp³-hybridized carbons (Fsp3) is 0.400. The number of nitriles is 1. The first-order chi connectivity index (χ1) is 17.0. The number of benzene rings is 2. The van der Waals surface area contributed by atoms with Gasteiger partial charge in [0.1, 0.15) is 0 Å². The molecule has 2 aromatic carbocycles. The van der Waals surface area contributed by atoms with Gasteiger partial charge in [-0.15, -0.1) is 5.10 Å². The first-order valence-corrected chi connectivity index (χ1v) is 11.6. The smallest absolute Gasteiger partial charge is 0.248 e. The lowest BCUT2D eigenvalue weighted by Gasteiger charge is -2.18. The average molecular weight is 480 g/mol. The van der Waals surface area contributed by atoms with Crippen molar-refractivity contribution in [1.29, 1.82) is 5.26 Å². The van der Waals surface area contributed by atoms with Gasteiger partial charge in [-0.25, -0.2) is 0 Å². The average Bonchev–Trinajstić information content (AvgIpc) is 3.25. The van der Waals surface area contributed by atoms with Gasteiger partial charge >= 0.3 is 0 Å². The first-order valence-electron chi connectivity index (χ1n) is 11.6. The van der Waals surface area contributed by atoms with E-state index in [2.05, 4.69) is 40.2 Å². The number of nitrogens with one attached hydrogen (secondary N) is 1. The van der Waals surface area contributed by atoms with Crippen LogP contribution in [0.1, 0.15) is 32.3 Å². The molecule has 186 valence electrons. The highest BCUT2D eigenvalue weighted by Gasteiger charge is 2.16. The number of anilines is 3. The van der Waals surface area contributed by atoms with Crippen LogP contribution >= 0.6 is 0 Å². The van der Waals surface area contributed by atoms with E-state index in [4.69, 9.17) is 25.2 Å². The van der Waals surface area contributed by atoms with E-state index in [1.165, 1.54) is 4.68 Å². The highest BCUT2D eigenvalue weighted by atomic mass is 16.5. The molecule has 0 fully saturated rings. The minimum atomic E-state index is 0.209. The van der Waals surface area contributed by atoms with Crippen molar-refractivity contribution in [3.8, 4) is 29.0 Å². The fourth-order valence-corrected chi connectivity index (χ4v) is 3.62. The molecule has 0 bridgehead atoms. The third kappa shape index (κ3) is 6.55. The van der Waals surface area contributed by atoms with E-state index in [0.29, 0.717) is 46.7 Å². The van der Waals surface area contributed by atoms with Crippen LogP contribution in [0.25, 0.3) is 5.69 Å². The van der Waals surface area contributed by atoms with Crippen molar-refractivity contribution in [2.24, 2.45) is 0 Å². The van der Waals surface area contributed by atoms with Crippen LogP contribution in [0, 0.1) is 11.3 Å². The van der Waals surface area contributed by atoms with Crippen LogP contribution in [0.15, 0.2) is 36.4 Å². The van der Waals surface area contributed by atoms with E-state index < -0.39 is 0 Å². The summed E-state index contributed by atoms with van der Waals surface area (Å²) in [5.74, 6) is 2.14. The van der Waals surface area contributed by atoms with Gasteiger partial charge < -0.3 is 30.2 Å². The monoisotopic (exact) mass is 479 g/mol. The molecular formula is C25H33N7O3. The number of nitrogens with zero attached hydrogens (tertiary/aromatic N) is 5. The Bertz CT molecular complexity index is 1110. The quantitative estimate of drug-likeness (QED) is 0.350. The molecule has 0 radical (unpaired) electrons. The van der Waals surface area contributed by atoms with E-state index in [-0.39, 0.29) is 5.95 Å². The predicted octanol–water partition coefficient (Wildman–Crippen LogP) is 3.98. The maximum atomic E-state index is 8.99. The molecule has 0 unspecified atom stereocenters. The molecule has 0 atom stereocenters. The SMILES string of the molecule is CCN(CC)CCCCOc1c(OC)cc(Nc2nc(N)n(-c3ccc(C#N)cc3)n2)cc1OC. The third-order valence-corrected chi connectivity index (χ3v) is 5.60. The molecule has 35 heavy (non-hydrogen) atoms. The van der Waals surface area contributed by atoms with Crippen LogP contribution in [-0.2, 0) is 0 Å². The first kappa shape index (κ1) is 25.6. The lowest BCUT2D eigenvalue weighted by Crippen LogP contribution is -2.24. The molecule has 0 saturated heterocycles. The number of nitrogen functional groups attached to an aromatic ring is 1. The molecule has 3 rings (SSSR count). The van der Waals surface area contributed by atoms with E-state index >= 15 is 0 Å². The molecule has 0 saturated carbocycles. The Morgan fingerprint density at radius 3 is 2.29 bits per heavy atom. The molecule has 0 amide bonds. The van der Waals surface area contributed by atoms with Crippen LogP contribution in [0.2, 0.25) is 0 Å². The second-order valence-corrected chi connectivity index (χ2v) is 7.78. The Hall–Kier alpha value is -3.97. The van der Waals surface area contributed by atoms with Crippen molar-refractivity contribution in [3.05, 3.63) is 42.0 Å². The Morgan fingerprint density at radius 2 is 1.71 bits per heavy atom. The molecular weight excluding hydrogens is 446 g/mol. The number of nitrogens with two attached hydrogens (primary N) is 1. The highest BCUT2D eigenvalue weighted by molar-refractivity contribution is 5.66. The van der Waals surface area contributed by atoms with Crippen LogP contribution in [0.3, 0.4) is 0 Å². The number of unbranched alkanes of at least 4 members (excludes halogenated alkanes) is 1. The highest BCUT2D eigenvalue weighted by Crippen LogP contribution is 2.41. The minimum absolute atomic E-state index is 0.209. The molecule has 0 spiro atoms. The van der Waals surface area contributed by atoms with Crippen LogP contribution in [-0.4, -0.2) is 60.1 Å². The van der Waals surface area contributed by atoms with Crippen molar-refractivity contribution < 1.29 is 14.2 Å². The molecule has 1 heterocycles. The van der Waals surface area contributed by atoms with E-state index in [1.54, 1.807) is 50.6 Å². The maximum absolute atomic E-state index is 8.99. The van der Waals surface area contributed by atoms with Crippen molar-refractivity contribution in [2.75, 3.05) is 51.5 Å². The number of rotatable bonds is 13. The lowest BCUT2D eigenvalue weighted by atomic mass is 10.2. The van der Waals surface area contributed by atoms with E-state index in [9.17, 15) is 0 Å². The van der Waals surface area contributed by atoms with Gasteiger partial charge in [-0.2, -0.15) is 14.9 Å². The summed E-state index contributed by atoms with van der Waals surface area (Å²) in [6.07, 6.45) is 1.99. The van der Waals surface area contributed by atoms with E-state index in [0.717, 1.165) is 32.5 Å². The molecule has 3 N–H and O–H groups in total. The van der Waals surface area contributed by atoms with Gasteiger partial charge in [-0.05, 0) is 56.7 Å². The Balaban J connectivity index is 1.71. The van der Waals surface area contributed by atoms with Gasteiger partial charge in [0.15, 0.2) is 11.5 Å². The van der Waals surface area contributed by atoms with Crippen LogP contribution < -0.4 is 25.3 Å². The Labute approximate surface area is 206 Å². The number of hydrogen-bond acceptors (Lipinski definition) is 9. The zero-order valence-corrected chi connectivity index (χ0v) is 20.7. The molecule has 3 aromatic rings. The molecule has 0 aliphatic rings. The van der Waals surface area contributed by atoms with Crippen molar-refractivity contribution in [2.45, 2.75) is 26.7 Å². The molecule has 10 heteroatoms. The topological polar surface area (TPSA) is 123 Å². The zero-order chi connectivity index (χ0) is 25.2. The number of aromatic nitrogens is 3. The van der Waals surface area contributed by atoms with Gasteiger partial charge in [0.05, 0.1) is 38.1 Å². The summed E-state index contributed by atoms with van der Waals surface area (Å²) in [4.78, 5) is 6.69. The largest absolute Gasteiger partial charge is 0.493 e. The Morgan fingerprint density at radius 1 is 1.06 bits per heavy atom. The number of hydrogen-bond donors (Lipinski definition) is 2. The number of ether oxygens (including phenoxy) is 3. The maximum Gasteiger partial charge on any atom is 0.248 e. The zero-order valence-electron chi connectivity index (χ0n) is 20.7. The summed E-state index contributed by atoms with van der Waals surface area (Å²) in [5.41, 5.74) is 7.97. The van der Waals surface area contributed by atoms with Crippen molar-refractivity contribution in [3.63, 3.8) is 0 Å². The van der Waals surface area contributed by atoms with Gasteiger partial charge in [0.25, 0.3) is 0 Å². The summed E-state index contributed by atoms with van der Waals surface area (Å²) in [6, 6.07) is 12.6. The van der Waals surface area contributed by atoms with Crippen molar-refractivity contribution in [1.82, 2.24) is 19.7 Å². The summed E-state index contributed by atoms with van der Waals surface area (Å²) in [7, 11) is 3.17. The second kappa shape index (κ2) is 12.5. The molecule has 0 aliphatic heterocycles. The summed E-state index contributed by atoms with van der Waals surface area (Å²) in [5, 5.41) is 16.6. The van der Waals surface area contributed by atoms with Gasteiger partial charge in [-0.1, -0.05) is 13.8 Å². The minimum Gasteiger partial charge on any atom is -0.493 e. The summed E-state index contributed by atoms with van der Waals surface area (Å²) in [6.45, 7) is 8.07. The van der Waals surface area contributed by atoms with Gasteiger partial charge in [0.2, 0.25) is 17.6 Å². The lowest BCUT2D eigenvalue weighted by molar-refractivity contribution is 0.250. The van der Waals surface area contributed by atoms with Gasteiger partial charge in [0, 0.05) is 17.8 Å². The van der Waals surface area contributed by atoms with Crippen LogP contribution in [0.5, 0.6) is 17.2 Å². The second-order valence-electron chi connectivity index (χ2n) is 7.78. The summed E-state index contributed by atoms with van der Waals surface area (Å²) < 4.78 is 18.7. The normalized spacial score (nSPS) is 10.7. The standard InChI is InChI=1S/C25H33N7O3/c1-5-31(6-2)13-7-8-14-35-23-21(33-3)15-19(16-22(23)34-4)28-25-29-24(27)32(30-25)20-11-9-18(17-26)10-12-20/h9-12,15-16H,5-8,13-14H2,1-4H3,(H3,27,28,29,30). The fourth-order valence-electron chi connectivity index (χ4n) is 3.62. The Kier molecular flexibility index (Phi) is 9.15. The van der Waals surface area contributed by atoms with Crippen LogP contribution in [0.4, 0.5) is 17.6 Å². The predicted molar refractivity (Wildman–Crippen MR) is 136 cm³/mol. The molecule has 10 nitrogen and oxygen atoms in total. The third-order valence-electron chi connectivity index (χ3n) is 5.60. The summed E-state index contributed by atoms with van der Waals surface area (Å²) >= 11 is 0. The van der Waals surface area contributed by atoms with Gasteiger partial charge in [-0.3, -0.25) is 0 Å². The molecule has 0 aliphatic carbocycles. The number of methoxy groups -OCH3 is 2. The van der Waals surface area contributed by atoms with E-state index in [1.807, 2.05) is 0 Å². The molecule has 1 aromatic heterocycles.